The standard InChI is InChI=1S/C18H20F2N4O4.ClH/c1-7-2-23(4-10(7)21)16-12(19)14(22)11-15(13(16)20)24(8-5-28-6-8)3-9(17(11)25)18(26)27;/h3,7-8,10H,2,4-6,21-22H2,1H3,(H,26,27);1H/t7-,10-;/m0./s1. The Morgan fingerprint density at radius 2 is 1.93 bits per heavy atom. The first-order valence-electron chi connectivity index (χ1n) is 8.89. The van der Waals surface area contributed by atoms with Crippen LogP contribution in [0.1, 0.15) is 23.3 Å². The maximum absolute atomic E-state index is 15.6. The van der Waals surface area contributed by atoms with Crippen LogP contribution in [0.2, 0.25) is 0 Å². The van der Waals surface area contributed by atoms with E-state index in [1.54, 1.807) is 0 Å². The Morgan fingerprint density at radius 1 is 1.28 bits per heavy atom. The van der Waals surface area contributed by atoms with Crippen LogP contribution < -0.4 is 21.8 Å². The van der Waals surface area contributed by atoms with Gasteiger partial charge in [0.25, 0.3) is 0 Å². The van der Waals surface area contributed by atoms with Crippen LogP contribution in [0, 0.1) is 17.6 Å². The molecule has 0 saturated carbocycles. The number of nitrogen functional groups attached to an aromatic ring is 1. The average Bonchev–Trinajstić information content (AvgIpc) is 2.90. The molecule has 0 aliphatic carbocycles. The molecule has 8 nitrogen and oxygen atoms in total. The number of pyridine rings is 1. The van der Waals surface area contributed by atoms with Crippen LogP contribution in [0.25, 0.3) is 10.9 Å². The van der Waals surface area contributed by atoms with Crippen LogP contribution in [-0.4, -0.2) is 48.0 Å². The summed E-state index contributed by atoms with van der Waals surface area (Å²) >= 11 is 0. The van der Waals surface area contributed by atoms with Crippen LogP contribution in [0.4, 0.5) is 20.2 Å². The van der Waals surface area contributed by atoms with E-state index in [0.29, 0.717) is 6.54 Å². The SMILES string of the molecule is C[C@H]1CN(c2c(F)c(N)c3c(=O)c(C(=O)O)cn(C4COC4)c3c2F)C[C@@H]1N.Cl. The maximum Gasteiger partial charge on any atom is 0.341 e. The zero-order valence-electron chi connectivity index (χ0n) is 15.5. The molecule has 2 aromatic rings. The topological polar surface area (TPSA) is 124 Å². The van der Waals surface area contributed by atoms with E-state index in [-0.39, 0.29) is 61.4 Å². The summed E-state index contributed by atoms with van der Waals surface area (Å²) in [6.45, 7) is 2.89. The van der Waals surface area contributed by atoms with E-state index in [1.165, 1.54) is 9.47 Å². The summed E-state index contributed by atoms with van der Waals surface area (Å²) in [5.41, 5.74) is 9.12. The van der Waals surface area contributed by atoms with Crippen LogP contribution in [-0.2, 0) is 4.74 Å². The van der Waals surface area contributed by atoms with Gasteiger partial charge in [-0.1, -0.05) is 6.92 Å². The second-order valence-corrected chi connectivity index (χ2v) is 7.44. The zero-order chi connectivity index (χ0) is 20.3. The number of carbonyl (C=O) groups is 1. The molecule has 0 amide bonds. The highest BCUT2D eigenvalue weighted by Gasteiger charge is 2.35. The summed E-state index contributed by atoms with van der Waals surface area (Å²) in [6, 6.07) is -0.638. The summed E-state index contributed by atoms with van der Waals surface area (Å²) in [6.07, 6.45) is 1.07. The number of hydrogen-bond donors (Lipinski definition) is 3. The molecule has 5 N–H and O–H groups in total. The Morgan fingerprint density at radius 3 is 2.41 bits per heavy atom. The van der Waals surface area contributed by atoms with Crippen molar-refractivity contribution in [3.63, 3.8) is 0 Å². The largest absolute Gasteiger partial charge is 0.477 e. The Kier molecular flexibility index (Phi) is 5.46. The number of fused-ring (bicyclic) bond motifs is 1. The summed E-state index contributed by atoms with van der Waals surface area (Å²) < 4.78 is 37.1. The maximum atomic E-state index is 15.6. The predicted octanol–water partition coefficient (Wildman–Crippen LogP) is 1.34. The van der Waals surface area contributed by atoms with E-state index in [2.05, 4.69) is 0 Å². The van der Waals surface area contributed by atoms with Gasteiger partial charge < -0.3 is 30.8 Å². The van der Waals surface area contributed by atoms with Crippen molar-refractivity contribution in [3.05, 3.63) is 33.6 Å². The molecule has 0 radical (unpaired) electrons. The number of nitrogens with zero attached hydrogens (tertiary/aromatic N) is 2. The van der Waals surface area contributed by atoms with Gasteiger partial charge in [-0.25, -0.2) is 13.6 Å². The van der Waals surface area contributed by atoms with Gasteiger partial charge in [0, 0.05) is 25.3 Å². The first kappa shape index (κ1) is 21.3. The molecular weight excluding hydrogens is 410 g/mol. The van der Waals surface area contributed by atoms with E-state index in [0.717, 1.165) is 6.20 Å². The van der Waals surface area contributed by atoms with Crippen molar-refractivity contribution < 1.29 is 23.4 Å². The number of carboxylic acids is 1. The highest BCUT2D eigenvalue weighted by atomic mass is 35.5. The van der Waals surface area contributed by atoms with Gasteiger partial charge in [-0.05, 0) is 5.92 Å². The molecule has 0 spiro atoms. The molecule has 2 aliphatic heterocycles. The van der Waals surface area contributed by atoms with E-state index >= 15 is 8.78 Å². The zero-order valence-corrected chi connectivity index (χ0v) is 16.3. The second-order valence-electron chi connectivity index (χ2n) is 7.44. The first-order valence-corrected chi connectivity index (χ1v) is 8.89. The molecule has 4 rings (SSSR count). The van der Waals surface area contributed by atoms with Crippen molar-refractivity contribution >= 4 is 40.7 Å². The number of ether oxygens (including phenoxy) is 1. The smallest absolute Gasteiger partial charge is 0.341 e. The minimum Gasteiger partial charge on any atom is -0.477 e. The molecule has 11 heteroatoms. The fourth-order valence-electron chi connectivity index (χ4n) is 3.83. The van der Waals surface area contributed by atoms with Crippen LogP contribution >= 0.6 is 12.4 Å². The Labute approximate surface area is 170 Å². The minimum absolute atomic E-state index is 0. The van der Waals surface area contributed by atoms with Crippen molar-refractivity contribution in [3.8, 4) is 0 Å². The highest BCUT2D eigenvalue weighted by Crippen LogP contribution is 2.38. The van der Waals surface area contributed by atoms with Crippen molar-refractivity contribution in [2.75, 3.05) is 36.9 Å². The Bertz CT molecular complexity index is 1050. The van der Waals surface area contributed by atoms with E-state index in [9.17, 15) is 14.7 Å². The Balaban J connectivity index is 0.00000240. The number of carboxylic acid groups (broad SMARTS) is 1. The average molecular weight is 431 g/mol. The number of nitrogens with two attached hydrogens (primary N) is 2. The summed E-state index contributed by atoms with van der Waals surface area (Å²) in [5, 5.41) is 8.87. The fraction of sp³-hybridized carbons (Fsp3) is 0.444. The van der Waals surface area contributed by atoms with Gasteiger partial charge in [-0.3, -0.25) is 4.79 Å². The lowest BCUT2D eigenvalue weighted by Gasteiger charge is -2.31. The molecule has 1 aromatic carbocycles. The molecule has 3 heterocycles. The summed E-state index contributed by atoms with van der Waals surface area (Å²) in [4.78, 5) is 25.6. The van der Waals surface area contributed by atoms with Gasteiger partial charge in [0.05, 0.1) is 35.8 Å². The van der Waals surface area contributed by atoms with Gasteiger partial charge in [-0.2, -0.15) is 0 Å². The predicted molar refractivity (Wildman–Crippen MR) is 106 cm³/mol. The van der Waals surface area contributed by atoms with E-state index in [4.69, 9.17) is 16.2 Å². The second kappa shape index (κ2) is 7.43. The number of rotatable bonds is 3. The normalized spacial score (nSPS) is 21.9. The number of halogens is 3. The lowest BCUT2D eigenvalue weighted by molar-refractivity contribution is -0.0219. The molecule has 158 valence electrons. The molecule has 29 heavy (non-hydrogen) atoms. The molecular formula is C18H21ClF2N4O4. The van der Waals surface area contributed by atoms with Crippen molar-refractivity contribution in [2.45, 2.75) is 19.0 Å². The van der Waals surface area contributed by atoms with Gasteiger partial charge in [-0.15, -0.1) is 12.4 Å². The van der Waals surface area contributed by atoms with Gasteiger partial charge in [0.1, 0.15) is 11.3 Å². The number of aromatic carboxylic acids is 1. The van der Waals surface area contributed by atoms with E-state index < -0.39 is 39.7 Å². The molecule has 2 aliphatic rings. The summed E-state index contributed by atoms with van der Waals surface area (Å²) in [5.74, 6) is -3.51. The third-order valence-corrected chi connectivity index (χ3v) is 5.60. The summed E-state index contributed by atoms with van der Waals surface area (Å²) in [7, 11) is 0. The van der Waals surface area contributed by atoms with E-state index in [1.807, 2.05) is 6.92 Å². The van der Waals surface area contributed by atoms with Gasteiger partial charge in [0.2, 0.25) is 5.43 Å². The highest BCUT2D eigenvalue weighted by molar-refractivity contribution is 5.99. The molecule has 2 atom stereocenters. The number of benzene rings is 1. The number of aromatic nitrogens is 1. The lowest BCUT2D eigenvalue weighted by atomic mass is 10.0. The molecule has 1 aromatic heterocycles. The first-order chi connectivity index (χ1) is 13.2. The monoisotopic (exact) mass is 430 g/mol. The minimum atomic E-state index is -1.50. The van der Waals surface area contributed by atoms with Crippen molar-refractivity contribution in [1.82, 2.24) is 4.57 Å². The van der Waals surface area contributed by atoms with Crippen LogP contribution in [0.3, 0.4) is 0 Å². The third kappa shape index (κ3) is 3.11. The molecule has 0 unspecified atom stereocenters. The van der Waals surface area contributed by atoms with Crippen LogP contribution in [0.5, 0.6) is 0 Å². The fourth-order valence-corrected chi connectivity index (χ4v) is 3.83. The number of anilines is 2. The van der Waals surface area contributed by atoms with Crippen molar-refractivity contribution in [1.29, 1.82) is 0 Å². The number of hydrogen-bond acceptors (Lipinski definition) is 6. The Hall–Kier alpha value is -2.43. The van der Waals surface area contributed by atoms with Crippen LogP contribution in [0.15, 0.2) is 11.0 Å². The molecule has 2 fully saturated rings. The third-order valence-electron chi connectivity index (χ3n) is 5.60. The lowest BCUT2D eigenvalue weighted by Crippen LogP contribution is -2.34. The van der Waals surface area contributed by atoms with Crippen molar-refractivity contribution in [2.24, 2.45) is 11.7 Å². The quantitative estimate of drug-likeness (QED) is 0.627. The van der Waals surface area contributed by atoms with Gasteiger partial charge >= 0.3 is 5.97 Å². The molecule has 2 saturated heterocycles. The van der Waals surface area contributed by atoms with Gasteiger partial charge in [0.15, 0.2) is 11.6 Å². The molecule has 0 bridgehead atoms.